The molecular weight excluding hydrogens is 268 g/mol. The number of nitrogens with zero attached hydrogens (tertiary/aromatic N) is 1. The number of aromatic nitrogens is 2. The summed E-state index contributed by atoms with van der Waals surface area (Å²) in [4.78, 5) is 7.77. The Labute approximate surface area is 124 Å². The fourth-order valence-corrected chi connectivity index (χ4v) is 2.35. The number of rotatable bonds is 4. The lowest BCUT2D eigenvalue weighted by Gasteiger charge is -2.11. The van der Waals surface area contributed by atoms with Gasteiger partial charge in [0.1, 0.15) is 16.2 Å². The molecule has 0 amide bonds. The highest BCUT2D eigenvalue weighted by molar-refractivity contribution is 7.71. The average Bonchev–Trinajstić information content (AvgIpc) is 3.26. The molecule has 3 nitrogen and oxygen atoms in total. The van der Waals surface area contributed by atoms with E-state index in [0.717, 1.165) is 34.8 Å². The molecule has 1 aliphatic rings. The Morgan fingerprint density at radius 2 is 2.20 bits per heavy atom. The van der Waals surface area contributed by atoms with Crippen LogP contribution in [-0.4, -0.2) is 16.1 Å². The Morgan fingerprint density at radius 3 is 2.90 bits per heavy atom. The van der Waals surface area contributed by atoms with E-state index in [9.17, 15) is 0 Å². The molecule has 104 valence electrons. The summed E-state index contributed by atoms with van der Waals surface area (Å²) < 4.78 is 6.53. The Balaban J connectivity index is 2.03. The second-order valence-corrected chi connectivity index (χ2v) is 5.57. The van der Waals surface area contributed by atoms with Gasteiger partial charge in [-0.15, -0.1) is 0 Å². The average molecular weight is 286 g/mol. The Bertz CT molecular complexity index is 689. The summed E-state index contributed by atoms with van der Waals surface area (Å²) in [6.45, 7) is 4.08. The first-order valence-electron chi connectivity index (χ1n) is 7.04. The van der Waals surface area contributed by atoms with Crippen LogP contribution in [-0.2, 0) is 6.42 Å². The lowest BCUT2D eigenvalue weighted by atomic mass is 10.1. The van der Waals surface area contributed by atoms with Gasteiger partial charge < -0.3 is 9.72 Å². The molecule has 20 heavy (non-hydrogen) atoms. The molecule has 1 fully saturated rings. The van der Waals surface area contributed by atoms with E-state index in [0.29, 0.717) is 10.7 Å². The van der Waals surface area contributed by atoms with Gasteiger partial charge in [-0.05, 0) is 31.9 Å². The van der Waals surface area contributed by atoms with Crippen LogP contribution in [0.3, 0.4) is 0 Å². The summed E-state index contributed by atoms with van der Waals surface area (Å²) in [5.41, 5.74) is 3.16. The Morgan fingerprint density at radius 1 is 1.40 bits per heavy atom. The molecule has 1 aromatic heterocycles. The van der Waals surface area contributed by atoms with Gasteiger partial charge in [0.05, 0.1) is 11.8 Å². The van der Waals surface area contributed by atoms with Crippen molar-refractivity contribution in [1.82, 2.24) is 9.97 Å². The third-order valence-electron chi connectivity index (χ3n) is 3.49. The predicted octanol–water partition coefficient (Wildman–Crippen LogP) is 4.22. The van der Waals surface area contributed by atoms with Gasteiger partial charge in [0, 0.05) is 17.5 Å². The van der Waals surface area contributed by atoms with Crippen molar-refractivity contribution in [3.05, 3.63) is 40.3 Å². The number of aromatic amines is 1. The van der Waals surface area contributed by atoms with Crippen LogP contribution in [0.4, 0.5) is 0 Å². The van der Waals surface area contributed by atoms with Crippen LogP contribution in [0.5, 0.6) is 5.75 Å². The van der Waals surface area contributed by atoms with Crippen LogP contribution in [0, 0.1) is 11.6 Å². The van der Waals surface area contributed by atoms with Crippen LogP contribution < -0.4 is 4.74 Å². The van der Waals surface area contributed by atoms with E-state index in [-0.39, 0.29) is 0 Å². The summed E-state index contributed by atoms with van der Waals surface area (Å²) in [5.74, 6) is 1.85. The first-order chi connectivity index (χ1) is 9.67. The number of hydrogen-bond acceptors (Lipinski definition) is 3. The first-order valence-corrected chi connectivity index (χ1v) is 7.45. The highest BCUT2D eigenvalue weighted by Crippen LogP contribution is 2.30. The molecule has 0 radical (unpaired) electrons. The lowest BCUT2D eigenvalue weighted by Crippen LogP contribution is -2.00. The lowest BCUT2D eigenvalue weighted by molar-refractivity contribution is 0.303. The molecule has 1 aliphatic carbocycles. The molecule has 0 saturated heterocycles. The monoisotopic (exact) mass is 286 g/mol. The van der Waals surface area contributed by atoms with Gasteiger partial charge in [-0.1, -0.05) is 31.3 Å². The molecule has 0 spiro atoms. The second-order valence-electron chi connectivity index (χ2n) is 5.19. The van der Waals surface area contributed by atoms with E-state index >= 15 is 0 Å². The van der Waals surface area contributed by atoms with E-state index in [1.54, 1.807) is 0 Å². The van der Waals surface area contributed by atoms with Gasteiger partial charge in [-0.25, -0.2) is 4.98 Å². The van der Waals surface area contributed by atoms with Gasteiger partial charge >= 0.3 is 0 Å². The summed E-state index contributed by atoms with van der Waals surface area (Å²) in [5, 5.41) is 0. The fourth-order valence-electron chi connectivity index (χ4n) is 2.14. The van der Waals surface area contributed by atoms with Crippen LogP contribution >= 0.6 is 12.2 Å². The van der Waals surface area contributed by atoms with Gasteiger partial charge in [-0.2, -0.15) is 0 Å². The van der Waals surface area contributed by atoms with E-state index in [2.05, 4.69) is 29.0 Å². The van der Waals surface area contributed by atoms with Gasteiger partial charge in [0.15, 0.2) is 0 Å². The molecule has 0 unspecified atom stereocenters. The highest BCUT2D eigenvalue weighted by Gasteiger charge is 2.23. The van der Waals surface area contributed by atoms with Crippen molar-refractivity contribution in [2.75, 3.05) is 0 Å². The van der Waals surface area contributed by atoms with Crippen molar-refractivity contribution in [3.8, 4) is 17.0 Å². The van der Waals surface area contributed by atoms with Crippen molar-refractivity contribution < 1.29 is 4.74 Å². The maximum Gasteiger partial charge on any atom is 0.133 e. The minimum Gasteiger partial charge on any atom is -0.490 e. The molecule has 3 rings (SSSR count). The molecule has 0 aliphatic heterocycles. The topological polar surface area (TPSA) is 37.9 Å². The van der Waals surface area contributed by atoms with Gasteiger partial charge in [0.2, 0.25) is 0 Å². The van der Waals surface area contributed by atoms with Crippen LogP contribution in [0.2, 0.25) is 0 Å². The van der Waals surface area contributed by atoms with E-state index in [1.165, 1.54) is 12.8 Å². The highest BCUT2D eigenvalue weighted by atomic mass is 32.1. The summed E-state index contributed by atoms with van der Waals surface area (Å²) in [7, 11) is 0. The van der Waals surface area contributed by atoms with Crippen molar-refractivity contribution in [2.45, 2.75) is 39.2 Å². The van der Waals surface area contributed by atoms with Crippen molar-refractivity contribution in [3.63, 3.8) is 0 Å². The van der Waals surface area contributed by atoms with E-state index in [1.807, 2.05) is 19.1 Å². The van der Waals surface area contributed by atoms with Gasteiger partial charge in [-0.3, -0.25) is 0 Å². The van der Waals surface area contributed by atoms with Crippen molar-refractivity contribution in [1.29, 1.82) is 0 Å². The molecule has 4 heteroatoms. The molecule has 1 heterocycles. The Hall–Kier alpha value is -1.68. The number of nitrogens with one attached hydrogen (secondary N) is 1. The van der Waals surface area contributed by atoms with Gasteiger partial charge in [0.25, 0.3) is 0 Å². The molecule has 0 atom stereocenters. The molecule has 1 N–H and O–H groups in total. The number of ether oxygens (including phenoxy) is 1. The Kier molecular flexibility index (Phi) is 3.57. The van der Waals surface area contributed by atoms with Crippen LogP contribution in [0.15, 0.2) is 24.3 Å². The zero-order chi connectivity index (χ0) is 14.1. The summed E-state index contributed by atoms with van der Waals surface area (Å²) in [6, 6.07) is 8.18. The molecule has 1 saturated carbocycles. The minimum absolute atomic E-state index is 0.411. The molecule has 2 aromatic rings. The minimum atomic E-state index is 0.411. The standard InChI is InChI=1S/C16H18N2OS/c1-3-14-17-15(10(2)16(20)18-14)11-5-4-6-13(9-11)19-12-7-8-12/h4-6,9,12H,3,7-8H2,1-2H3,(H,17,18,20). The van der Waals surface area contributed by atoms with E-state index in [4.69, 9.17) is 17.0 Å². The largest absolute Gasteiger partial charge is 0.490 e. The third kappa shape index (κ3) is 2.75. The quantitative estimate of drug-likeness (QED) is 0.855. The maximum absolute atomic E-state index is 5.86. The summed E-state index contributed by atoms with van der Waals surface area (Å²) >= 11 is 5.34. The number of hydrogen-bond donors (Lipinski definition) is 1. The van der Waals surface area contributed by atoms with Crippen molar-refractivity contribution in [2.24, 2.45) is 0 Å². The van der Waals surface area contributed by atoms with Crippen molar-refractivity contribution >= 4 is 12.2 Å². The third-order valence-corrected chi connectivity index (χ3v) is 3.88. The molecule has 0 bridgehead atoms. The van der Waals surface area contributed by atoms with Crippen LogP contribution in [0.1, 0.15) is 31.2 Å². The van der Waals surface area contributed by atoms with E-state index < -0.39 is 0 Å². The number of aryl methyl sites for hydroxylation is 1. The summed E-state index contributed by atoms with van der Waals surface area (Å²) in [6.07, 6.45) is 3.59. The van der Waals surface area contributed by atoms with Crippen LogP contribution in [0.25, 0.3) is 11.3 Å². The zero-order valence-electron chi connectivity index (χ0n) is 11.8. The fraction of sp³-hybridized carbons (Fsp3) is 0.375. The molecule has 1 aromatic carbocycles. The SMILES string of the molecule is CCc1nc(=S)c(C)c(-c2cccc(OC3CC3)c2)[nH]1. The normalized spacial score (nSPS) is 14.3. The number of H-pyrrole nitrogens is 1. The maximum atomic E-state index is 5.86. The molecular formula is C16H18N2OS. The second kappa shape index (κ2) is 5.37. The first kappa shape index (κ1) is 13.3. The zero-order valence-corrected chi connectivity index (χ0v) is 12.6. The number of benzene rings is 1. The predicted molar refractivity (Wildman–Crippen MR) is 82.6 cm³/mol. The smallest absolute Gasteiger partial charge is 0.133 e.